The Labute approximate surface area is 151 Å². The third-order valence-corrected chi connectivity index (χ3v) is 4.18. The van der Waals surface area contributed by atoms with Crippen LogP contribution < -0.4 is 15.4 Å². The van der Waals surface area contributed by atoms with E-state index in [-0.39, 0.29) is 6.04 Å². The molecular formula is C17H18Cl2N2OS. The van der Waals surface area contributed by atoms with E-state index in [1.807, 2.05) is 44.2 Å². The van der Waals surface area contributed by atoms with E-state index in [1.54, 1.807) is 12.1 Å². The highest BCUT2D eigenvalue weighted by molar-refractivity contribution is 7.80. The molecule has 0 aromatic heterocycles. The average Bonchev–Trinajstić information content (AvgIpc) is 2.52. The van der Waals surface area contributed by atoms with Crippen molar-refractivity contribution < 1.29 is 4.74 Å². The summed E-state index contributed by atoms with van der Waals surface area (Å²) in [7, 11) is 0. The van der Waals surface area contributed by atoms with Crippen LogP contribution in [-0.4, -0.2) is 11.7 Å². The van der Waals surface area contributed by atoms with Gasteiger partial charge in [-0.05, 0) is 62.0 Å². The summed E-state index contributed by atoms with van der Waals surface area (Å²) < 4.78 is 5.44. The van der Waals surface area contributed by atoms with Crippen LogP contribution in [0.1, 0.15) is 25.5 Å². The summed E-state index contributed by atoms with van der Waals surface area (Å²) in [5.74, 6) is 0.861. The number of hydrogen-bond acceptors (Lipinski definition) is 2. The van der Waals surface area contributed by atoms with Gasteiger partial charge in [0, 0.05) is 5.69 Å². The second-order valence-electron chi connectivity index (χ2n) is 4.95. The Kier molecular flexibility index (Phi) is 6.51. The Morgan fingerprint density at radius 3 is 2.43 bits per heavy atom. The highest BCUT2D eigenvalue weighted by atomic mass is 35.5. The molecule has 0 fully saturated rings. The second-order valence-corrected chi connectivity index (χ2v) is 6.17. The van der Waals surface area contributed by atoms with E-state index in [1.165, 1.54) is 0 Å². The third kappa shape index (κ3) is 5.27. The van der Waals surface area contributed by atoms with Crippen molar-refractivity contribution in [2.24, 2.45) is 0 Å². The third-order valence-electron chi connectivity index (χ3n) is 3.22. The van der Waals surface area contributed by atoms with Gasteiger partial charge < -0.3 is 15.4 Å². The predicted octanol–water partition coefficient (Wildman–Crippen LogP) is 5.44. The zero-order chi connectivity index (χ0) is 16.8. The van der Waals surface area contributed by atoms with E-state index < -0.39 is 0 Å². The number of hydrogen-bond donors (Lipinski definition) is 2. The fourth-order valence-corrected chi connectivity index (χ4v) is 2.63. The predicted molar refractivity (Wildman–Crippen MR) is 102 cm³/mol. The Balaban J connectivity index is 1.94. The van der Waals surface area contributed by atoms with Crippen molar-refractivity contribution in [2.75, 3.05) is 11.9 Å². The van der Waals surface area contributed by atoms with E-state index in [9.17, 15) is 0 Å². The largest absolute Gasteiger partial charge is 0.494 e. The molecule has 0 aliphatic rings. The van der Waals surface area contributed by atoms with Gasteiger partial charge in [0.25, 0.3) is 0 Å². The minimum atomic E-state index is 0.0634. The van der Waals surface area contributed by atoms with E-state index in [4.69, 9.17) is 40.2 Å². The van der Waals surface area contributed by atoms with Gasteiger partial charge in [0.1, 0.15) is 5.75 Å². The summed E-state index contributed by atoms with van der Waals surface area (Å²) in [6.07, 6.45) is 0. The number of benzene rings is 2. The van der Waals surface area contributed by atoms with Gasteiger partial charge >= 0.3 is 0 Å². The summed E-state index contributed by atoms with van der Waals surface area (Å²) in [4.78, 5) is 0. The summed E-state index contributed by atoms with van der Waals surface area (Å²) >= 11 is 17.2. The molecule has 0 aliphatic heterocycles. The van der Waals surface area contributed by atoms with Crippen LogP contribution in [0.3, 0.4) is 0 Å². The van der Waals surface area contributed by atoms with Crippen molar-refractivity contribution in [3.63, 3.8) is 0 Å². The van der Waals surface area contributed by atoms with E-state index in [0.717, 1.165) is 17.0 Å². The van der Waals surface area contributed by atoms with Crippen molar-refractivity contribution in [3.05, 3.63) is 58.1 Å². The molecule has 0 amide bonds. The molecule has 0 radical (unpaired) electrons. The maximum absolute atomic E-state index is 5.99. The monoisotopic (exact) mass is 368 g/mol. The molecule has 1 unspecified atom stereocenters. The first-order chi connectivity index (χ1) is 11.0. The van der Waals surface area contributed by atoms with Gasteiger partial charge in [-0.1, -0.05) is 35.3 Å². The summed E-state index contributed by atoms with van der Waals surface area (Å²) in [6.45, 7) is 4.66. The molecule has 0 saturated heterocycles. The normalized spacial score (nSPS) is 11.7. The minimum absolute atomic E-state index is 0.0634. The van der Waals surface area contributed by atoms with Crippen LogP contribution in [0.5, 0.6) is 5.75 Å². The number of thiocarbonyl (C=S) groups is 1. The number of halogens is 2. The first-order valence-corrected chi connectivity index (χ1v) is 8.41. The molecule has 0 bridgehead atoms. The molecular weight excluding hydrogens is 351 g/mol. The quantitative estimate of drug-likeness (QED) is 0.688. The molecule has 3 nitrogen and oxygen atoms in total. The summed E-state index contributed by atoms with van der Waals surface area (Å²) in [5, 5.41) is 7.84. The van der Waals surface area contributed by atoms with Gasteiger partial charge in [0.15, 0.2) is 5.11 Å². The molecule has 0 saturated carbocycles. The van der Waals surface area contributed by atoms with Crippen LogP contribution in [0.4, 0.5) is 5.69 Å². The highest BCUT2D eigenvalue weighted by Crippen LogP contribution is 2.25. The first kappa shape index (κ1) is 17.9. The van der Waals surface area contributed by atoms with Crippen molar-refractivity contribution in [2.45, 2.75) is 19.9 Å². The molecule has 0 heterocycles. The van der Waals surface area contributed by atoms with Gasteiger partial charge in [0.2, 0.25) is 0 Å². The molecule has 1 atom stereocenters. The van der Waals surface area contributed by atoms with Crippen molar-refractivity contribution in [1.29, 1.82) is 0 Å². The molecule has 0 spiro atoms. The standard InChI is InChI=1S/C17H18Cl2N2OS/c1-3-22-14-7-4-12(5-8-14)11(2)20-17(23)21-13-6-9-15(18)16(19)10-13/h4-11H,3H2,1-2H3,(H2,20,21,23). The summed E-state index contributed by atoms with van der Waals surface area (Å²) in [6, 6.07) is 13.3. The molecule has 2 aromatic rings. The number of ether oxygens (including phenoxy) is 1. The Morgan fingerprint density at radius 1 is 1.13 bits per heavy atom. The fourth-order valence-electron chi connectivity index (χ4n) is 2.04. The lowest BCUT2D eigenvalue weighted by molar-refractivity contribution is 0.340. The maximum Gasteiger partial charge on any atom is 0.171 e. The van der Waals surface area contributed by atoms with Crippen LogP contribution in [-0.2, 0) is 0 Å². The highest BCUT2D eigenvalue weighted by Gasteiger charge is 2.08. The minimum Gasteiger partial charge on any atom is -0.494 e. The van der Waals surface area contributed by atoms with Gasteiger partial charge in [0.05, 0.1) is 22.7 Å². The number of rotatable bonds is 5. The van der Waals surface area contributed by atoms with E-state index >= 15 is 0 Å². The lowest BCUT2D eigenvalue weighted by Gasteiger charge is -2.18. The van der Waals surface area contributed by atoms with Crippen LogP contribution in [0.25, 0.3) is 0 Å². The van der Waals surface area contributed by atoms with Gasteiger partial charge in [-0.3, -0.25) is 0 Å². The molecule has 2 aromatic carbocycles. The van der Waals surface area contributed by atoms with Crippen molar-refractivity contribution in [3.8, 4) is 5.75 Å². The molecule has 122 valence electrons. The van der Waals surface area contributed by atoms with Crippen molar-refractivity contribution >= 4 is 46.2 Å². The van der Waals surface area contributed by atoms with Gasteiger partial charge in [-0.15, -0.1) is 0 Å². The van der Waals surface area contributed by atoms with Crippen molar-refractivity contribution in [1.82, 2.24) is 5.32 Å². The Bertz CT molecular complexity index is 677. The van der Waals surface area contributed by atoms with Gasteiger partial charge in [-0.2, -0.15) is 0 Å². The Morgan fingerprint density at radius 2 is 1.83 bits per heavy atom. The number of anilines is 1. The van der Waals surface area contributed by atoms with Crippen LogP contribution >= 0.6 is 35.4 Å². The van der Waals surface area contributed by atoms with E-state index in [2.05, 4.69) is 10.6 Å². The second kappa shape index (κ2) is 8.39. The molecule has 0 aliphatic carbocycles. The molecule has 6 heteroatoms. The van der Waals surface area contributed by atoms with Crippen LogP contribution in [0.2, 0.25) is 10.0 Å². The first-order valence-electron chi connectivity index (χ1n) is 7.25. The molecule has 23 heavy (non-hydrogen) atoms. The smallest absolute Gasteiger partial charge is 0.171 e. The lowest BCUT2D eigenvalue weighted by Crippen LogP contribution is -2.30. The Hall–Kier alpha value is -1.49. The maximum atomic E-state index is 5.99. The lowest BCUT2D eigenvalue weighted by atomic mass is 10.1. The molecule has 2 N–H and O–H groups in total. The zero-order valence-electron chi connectivity index (χ0n) is 12.9. The fraction of sp³-hybridized carbons (Fsp3) is 0.235. The summed E-state index contributed by atoms with van der Waals surface area (Å²) in [5.41, 5.74) is 1.91. The van der Waals surface area contributed by atoms with Gasteiger partial charge in [-0.25, -0.2) is 0 Å². The van der Waals surface area contributed by atoms with E-state index in [0.29, 0.717) is 21.8 Å². The van der Waals surface area contributed by atoms with Crippen LogP contribution in [0, 0.1) is 0 Å². The topological polar surface area (TPSA) is 33.3 Å². The molecule has 2 rings (SSSR count). The average molecular weight is 369 g/mol. The zero-order valence-corrected chi connectivity index (χ0v) is 15.2. The number of nitrogens with one attached hydrogen (secondary N) is 2. The SMILES string of the molecule is CCOc1ccc(C(C)NC(=S)Nc2ccc(Cl)c(Cl)c2)cc1. The van der Waals surface area contributed by atoms with Crippen LogP contribution in [0.15, 0.2) is 42.5 Å².